The summed E-state index contributed by atoms with van der Waals surface area (Å²) < 4.78 is 11.2. The summed E-state index contributed by atoms with van der Waals surface area (Å²) >= 11 is 0. The summed E-state index contributed by atoms with van der Waals surface area (Å²) in [5.41, 5.74) is 1.20. The van der Waals surface area contributed by atoms with Crippen molar-refractivity contribution in [3.8, 4) is 11.5 Å². The maximum atomic E-state index is 9.72. The second-order valence-electron chi connectivity index (χ2n) is 5.18. The Labute approximate surface area is 121 Å². The Morgan fingerprint density at radius 2 is 1.95 bits per heavy atom. The van der Waals surface area contributed by atoms with Crippen molar-refractivity contribution >= 4 is 0 Å². The van der Waals surface area contributed by atoms with E-state index in [-0.39, 0.29) is 6.10 Å². The summed E-state index contributed by atoms with van der Waals surface area (Å²) in [7, 11) is 0. The maximum absolute atomic E-state index is 9.72. The van der Waals surface area contributed by atoms with E-state index in [0.29, 0.717) is 13.2 Å². The van der Waals surface area contributed by atoms with Crippen LogP contribution in [0.15, 0.2) is 18.2 Å². The maximum Gasteiger partial charge on any atom is 0.161 e. The summed E-state index contributed by atoms with van der Waals surface area (Å²) in [5, 5.41) is 9.72. The van der Waals surface area contributed by atoms with Crippen LogP contribution in [0.4, 0.5) is 0 Å². The van der Waals surface area contributed by atoms with Gasteiger partial charge in [0.25, 0.3) is 0 Å². The van der Waals surface area contributed by atoms with Crippen molar-refractivity contribution in [2.24, 2.45) is 0 Å². The van der Waals surface area contributed by atoms with Crippen LogP contribution in [-0.4, -0.2) is 42.4 Å². The van der Waals surface area contributed by atoms with Gasteiger partial charge in [0.15, 0.2) is 11.5 Å². The quantitative estimate of drug-likeness (QED) is 0.868. The summed E-state index contributed by atoms with van der Waals surface area (Å²) in [6.07, 6.45) is 1.80. The Morgan fingerprint density at radius 1 is 1.20 bits per heavy atom. The Kier molecular flexibility index (Phi) is 5.68. The molecule has 1 aromatic rings. The predicted octanol–water partition coefficient (Wildman–Crippen LogP) is 2.44. The summed E-state index contributed by atoms with van der Waals surface area (Å²) in [6.45, 7) is 7.88. The average molecular weight is 279 g/mol. The van der Waals surface area contributed by atoms with Crippen molar-refractivity contribution < 1.29 is 14.6 Å². The molecule has 0 aliphatic carbocycles. The van der Waals surface area contributed by atoms with Crippen LogP contribution in [0.5, 0.6) is 11.5 Å². The monoisotopic (exact) mass is 279 g/mol. The van der Waals surface area contributed by atoms with E-state index >= 15 is 0 Å². The Hall–Kier alpha value is -1.26. The number of nitrogens with zero attached hydrogens (tertiary/aromatic N) is 1. The number of hydrogen-bond acceptors (Lipinski definition) is 4. The third-order valence-electron chi connectivity index (χ3n) is 3.49. The fraction of sp³-hybridized carbons (Fsp3) is 0.625. The highest BCUT2D eigenvalue weighted by Crippen LogP contribution is 2.29. The van der Waals surface area contributed by atoms with Crippen molar-refractivity contribution in [2.45, 2.75) is 39.3 Å². The van der Waals surface area contributed by atoms with Crippen LogP contribution in [0.1, 0.15) is 32.3 Å². The highest BCUT2D eigenvalue weighted by atomic mass is 16.5. The van der Waals surface area contributed by atoms with Gasteiger partial charge in [-0.1, -0.05) is 6.07 Å². The Bertz CT molecular complexity index is 422. The summed E-state index contributed by atoms with van der Waals surface area (Å²) in [4.78, 5) is 2.29. The molecule has 112 valence electrons. The average Bonchev–Trinajstić information content (AvgIpc) is 2.42. The van der Waals surface area contributed by atoms with Gasteiger partial charge in [0.1, 0.15) is 0 Å². The molecular weight excluding hydrogens is 254 g/mol. The zero-order chi connectivity index (χ0) is 14.4. The highest BCUT2D eigenvalue weighted by molar-refractivity contribution is 5.43. The molecule has 1 aliphatic rings. The van der Waals surface area contributed by atoms with E-state index in [9.17, 15) is 5.11 Å². The molecule has 4 heteroatoms. The molecule has 0 spiro atoms. The van der Waals surface area contributed by atoms with Gasteiger partial charge in [-0.3, -0.25) is 4.90 Å². The highest BCUT2D eigenvalue weighted by Gasteiger charge is 2.18. The van der Waals surface area contributed by atoms with Gasteiger partial charge in [-0.2, -0.15) is 0 Å². The molecule has 1 fully saturated rings. The molecule has 1 unspecified atom stereocenters. The first-order valence-corrected chi connectivity index (χ1v) is 7.51. The first-order valence-electron chi connectivity index (χ1n) is 7.51. The molecule has 1 aliphatic heterocycles. The van der Waals surface area contributed by atoms with E-state index < -0.39 is 0 Å². The molecule has 1 atom stereocenters. The smallest absolute Gasteiger partial charge is 0.161 e. The van der Waals surface area contributed by atoms with Gasteiger partial charge in [-0.05, 0) is 50.9 Å². The number of rotatable bonds is 6. The van der Waals surface area contributed by atoms with Crippen LogP contribution in [0, 0.1) is 0 Å². The lowest BCUT2D eigenvalue weighted by molar-refractivity contribution is 0.0668. The molecule has 1 heterocycles. The number of hydrogen-bond donors (Lipinski definition) is 1. The van der Waals surface area contributed by atoms with E-state index in [1.165, 1.54) is 5.56 Å². The van der Waals surface area contributed by atoms with Crippen LogP contribution in [-0.2, 0) is 6.54 Å². The SMILES string of the molecule is CCOc1ccc(CN2CCCC(O)C2)cc1OCC. The zero-order valence-corrected chi connectivity index (χ0v) is 12.5. The fourth-order valence-corrected chi connectivity index (χ4v) is 2.63. The van der Waals surface area contributed by atoms with Crippen LogP contribution in [0.2, 0.25) is 0 Å². The van der Waals surface area contributed by atoms with Gasteiger partial charge in [0.05, 0.1) is 19.3 Å². The third kappa shape index (κ3) is 4.12. The molecule has 1 N–H and O–H groups in total. The number of ether oxygens (including phenoxy) is 2. The molecule has 1 aromatic carbocycles. The lowest BCUT2D eigenvalue weighted by atomic mass is 10.1. The number of aliphatic hydroxyl groups excluding tert-OH is 1. The van der Waals surface area contributed by atoms with Crippen molar-refractivity contribution in [1.82, 2.24) is 4.90 Å². The van der Waals surface area contributed by atoms with Crippen LogP contribution in [0.3, 0.4) is 0 Å². The first kappa shape index (κ1) is 15.1. The molecular formula is C16H25NO3. The second-order valence-corrected chi connectivity index (χ2v) is 5.18. The topological polar surface area (TPSA) is 41.9 Å². The van der Waals surface area contributed by atoms with Crippen molar-refractivity contribution in [3.05, 3.63) is 23.8 Å². The van der Waals surface area contributed by atoms with Gasteiger partial charge < -0.3 is 14.6 Å². The number of β-amino-alcohol motifs (C(OH)–C–C–N with tert-alkyl or cyclic N) is 1. The minimum Gasteiger partial charge on any atom is -0.490 e. The van der Waals surface area contributed by atoms with Crippen LogP contribution < -0.4 is 9.47 Å². The van der Waals surface area contributed by atoms with E-state index in [2.05, 4.69) is 17.0 Å². The second kappa shape index (κ2) is 7.50. The van der Waals surface area contributed by atoms with E-state index in [1.807, 2.05) is 19.9 Å². The van der Waals surface area contributed by atoms with E-state index in [1.54, 1.807) is 0 Å². The molecule has 0 bridgehead atoms. The lowest BCUT2D eigenvalue weighted by Gasteiger charge is -2.30. The number of benzene rings is 1. The Balaban J connectivity index is 2.05. The van der Waals surface area contributed by atoms with Crippen LogP contribution >= 0.6 is 0 Å². The fourth-order valence-electron chi connectivity index (χ4n) is 2.63. The summed E-state index contributed by atoms with van der Waals surface area (Å²) in [5.74, 6) is 1.61. The first-order chi connectivity index (χ1) is 9.72. The minimum atomic E-state index is -0.183. The number of likely N-dealkylation sites (tertiary alicyclic amines) is 1. The van der Waals surface area contributed by atoms with Crippen LogP contribution in [0.25, 0.3) is 0 Å². The molecule has 4 nitrogen and oxygen atoms in total. The molecule has 20 heavy (non-hydrogen) atoms. The molecule has 0 aromatic heterocycles. The van der Waals surface area contributed by atoms with E-state index in [0.717, 1.165) is 44.0 Å². The van der Waals surface area contributed by atoms with Gasteiger partial charge in [0, 0.05) is 13.1 Å². The van der Waals surface area contributed by atoms with Crippen molar-refractivity contribution in [2.75, 3.05) is 26.3 Å². The zero-order valence-electron chi connectivity index (χ0n) is 12.5. The molecule has 2 rings (SSSR count). The third-order valence-corrected chi connectivity index (χ3v) is 3.49. The molecule has 0 radical (unpaired) electrons. The van der Waals surface area contributed by atoms with E-state index in [4.69, 9.17) is 9.47 Å². The largest absolute Gasteiger partial charge is 0.490 e. The van der Waals surface area contributed by atoms with Gasteiger partial charge in [0.2, 0.25) is 0 Å². The predicted molar refractivity (Wildman–Crippen MR) is 79.3 cm³/mol. The van der Waals surface area contributed by atoms with Gasteiger partial charge in [-0.15, -0.1) is 0 Å². The summed E-state index contributed by atoms with van der Waals surface area (Å²) in [6, 6.07) is 6.11. The van der Waals surface area contributed by atoms with Crippen molar-refractivity contribution in [3.63, 3.8) is 0 Å². The minimum absolute atomic E-state index is 0.183. The molecule has 0 saturated carbocycles. The standard InChI is InChI=1S/C16H25NO3/c1-3-19-15-8-7-13(10-16(15)20-4-2)11-17-9-5-6-14(18)12-17/h7-8,10,14,18H,3-6,9,11-12H2,1-2H3. The molecule has 0 amide bonds. The number of piperidine rings is 1. The normalized spacial score (nSPS) is 19.9. The van der Waals surface area contributed by atoms with Gasteiger partial charge in [-0.25, -0.2) is 0 Å². The number of aliphatic hydroxyl groups is 1. The van der Waals surface area contributed by atoms with Gasteiger partial charge >= 0.3 is 0 Å². The molecule has 1 saturated heterocycles. The Morgan fingerprint density at radius 3 is 2.65 bits per heavy atom. The lowest BCUT2D eigenvalue weighted by Crippen LogP contribution is -2.37. The van der Waals surface area contributed by atoms with Crippen molar-refractivity contribution in [1.29, 1.82) is 0 Å².